The van der Waals surface area contributed by atoms with Crippen molar-refractivity contribution in [2.24, 2.45) is 0 Å². The number of aromatic nitrogens is 2. The van der Waals surface area contributed by atoms with E-state index in [4.69, 9.17) is 0 Å². The second-order valence-electron chi connectivity index (χ2n) is 3.71. The molecule has 0 radical (unpaired) electrons. The summed E-state index contributed by atoms with van der Waals surface area (Å²) in [6.45, 7) is 5.95. The molecule has 0 unspecified atom stereocenters. The molecule has 0 spiro atoms. The Morgan fingerprint density at radius 2 is 2.33 bits per heavy atom. The minimum atomic E-state index is -0.971. The van der Waals surface area contributed by atoms with E-state index in [0.29, 0.717) is 6.42 Å². The highest BCUT2D eigenvalue weighted by molar-refractivity contribution is 5.64. The SMILES string of the molecule is CCC[n+]1ccn(CCCC(=O)[O-])c1C. The predicted molar refractivity (Wildman–Crippen MR) is 53.9 cm³/mol. The third-order valence-corrected chi connectivity index (χ3v) is 2.50. The fourth-order valence-electron chi connectivity index (χ4n) is 1.65. The van der Waals surface area contributed by atoms with Gasteiger partial charge >= 0.3 is 0 Å². The van der Waals surface area contributed by atoms with Gasteiger partial charge in [0.25, 0.3) is 5.82 Å². The zero-order valence-electron chi connectivity index (χ0n) is 9.40. The molecular weight excluding hydrogens is 192 g/mol. The molecule has 0 saturated carbocycles. The lowest BCUT2D eigenvalue weighted by Gasteiger charge is -2.01. The van der Waals surface area contributed by atoms with Crippen LogP contribution in [0.2, 0.25) is 0 Å². The molecule has 4 heteroatoms. The van der Waals surface area contributed by atoms with Crippen molar-refractivity contribution in [2.45, 2.75) is 46.2 Å². The molecule has 0 aliphatic rings. The standard InChI is InChI=1S/C11H18N2O2/c1-3-6-12-8-9-13(10(12)2)7-4-5-11(14)15/h8-9H,3-7H2,1-2H3. The Morgan fingerprint density at radius 1 is 1.60 bits per heavy atom. The summed E-state index contributed by atoms with van der Waals surface area (Å²) in [5.74, 6) is 0.205. The summed E-state index contributed by atoms with van der Waals surface area (Å²) >= 11 is 0. The van der Waals surface area contributed by atoms with Crippen molar-refractivity contribution in [1.82, 2.24) is 4.57 Å². The molecule has 15 heavy (non-hydrogen) atoms. The number of imidazole rings is 1. The van der Waals surface area contributed by atoms with Crippen LogP contribution in [0.3, 0.4) is 0 Å². The lowest BCUT2D eigenvalue weighted by molar-refractivity contribution is -0.702. The molecule has 0 aromatic carbocycles. The van der Waals surface area contributed by atoms with E-state index >= 15 is 0 Å². The average Bonchev–Trinajstić information content (AvgIpc) is 2.50. The summed E-state index contributed by atoms with van der Waals surface area (Å²) in [6.07, 6.45) is 5.90. The van der Waals surface area contributed by atoms with Gasteiger partial charge in [-0.1, -0.05) is 6.92 Å². The number of hydrogen-bond donors (Lipinski definition) is 0. The molecule has 4 nitrogen and oxygen atoms in total. The Balaban J connectivity index is 2.50. The average molecular weight is 210 g/mol. The second-order valence-corrected chi connectivity index (χ2v) is 3.71. The van der Waals surface area contributed by atoms with E-state index in [1.807, 2.05) is 12.4 Å². The number of carbonyl (C=O) groups excluding carboxylic acids is 1. The highest BCUT2D eigenvalue weighted by Crippen LogP contribution is 1.98. The fraction of sp³-hybridized carbons (Fsp3) is 0.636. The minimum Gasteiger partial charge on any atom is -0.550 e. The van der Waals surface area contributed by atoms with Crippen molar-refractivity contribution in [3.05, 3.63) is 18.2 Å². The van der Waals surface area contributed by atoms with Gasteiger partial charge in [0.2, 0.25) is 0 Å². The van der Waals surface area contributed by atoms with Gasteiger partial charge in [-0.15, -0.1) is 0 Å². The number of carbonyl (C=O) groups is 1. The summed E-state index contributed by atoms with van der Waals surface area (Å²) in [7, 11) is 0. The van der Waals surface area contributed by atoms with Crippen molar-refractivity contribution in [2.75, 3.05) is 0 Å². The van der Waals surface area contributed by atoms with Crippen LogP contribution in [0.5, 0.6) is 0 Å². The largest absolute Gasteiger partial charge is 0.550 e. The molecule has 1 rings (SSSR count). The zero-order valence-corrected chi connectivity index (χ0v) is 9.40. The highest BCUT2D eigenvalue weighted by Gasteiger charge is 2.10. The third-order valence-electron chi connectivity index (χ3n) is 2.50. The summed E-state index contributed by atoms with van der Waals surface area (Å²) in [5, 5.41) is 10.3. The molecular formula is C11H18N2O2. The number of carboxylic acid groups (broad SMARTS) is 1. The first kappa shape index (κ1) is 11.8. The van der Waals surface area contributed by atoms with Crippen molar-refractivity contribution in [3.8, 4) is 0 Å². The van der Waals surface area contributed by atoms with Crippen molar-refractivity contribution in [1.29, 1.82) is 0 Å². The van der Waals surface area contributed by atoms with Crippen LogP contribution in [-0.2, 0) is 17.9 Å². The summed E-state index contributed by atoms with van der Waals surface area (Å²) in [6, 6.07) is 0. The Labute approximate surface area is 90.2 Å². The summed E-state index contributed by atoms with van der Waals surface area (Å²) in [4.78, 5) is 10.3. The lowest BCUT2D eigenvalue weighted by atomic mass is 10.3. The van der Waals surface area contributed by atoms with Gasteiger partial charge in [0.05, 0.1) is 13.1 Å². The third kappa shape index (κ3) is 3.38. The van der Waals surface area contributed by atoms with Gasteiger partial charge in [-0.05, 0) is 19.3 Å². The van der Waals surface area contributed by atoms with Gasteiger partial charge in [-0.2, -0.15) is 0 Å². The first-order chi connectivity index (χ1) is 7.15. The molecule has 84 valence electrons. The molecule has 0 amide bonds. The Hall–Kier alpha value is -1.32. The topological polar surface area (TPSA) is 48.9 Å². The maximum atomic E-state index is 10.3. The predicted octanol–water partition coefficient (Wildman–Crippen LogP) is 0.0241. The first-order valence-electron chi connectivity index (χ1n) is 5.40. The molecule has 0 bridgehead atoms. The van der Waals surface area contributed by atoms with E-state index in [2.05, 4.69) is 23.0 Å². The van der Waals surface area contributed by atoms with Crippen LogP contribution < -0.4 is 9.67 Å². The zero-order chi connectivity index (χ0) is 11.3. The van der Waals surface area contributed by atoms with Crippen LogP contribution in [-0.4, -0.2) is 10.5 Å². The Bertz CT molecular complexity index is 331. The molecule has 0 aliphatic heterocycles. The first-order valence-corrected chi connectivity index (χ1v) is 5.40. The molecule has 0 fully saturated rings. The van der Waals surface area contributed by atoms with E-state index in [1.54, 1.807) is 0 Å². The quantitative estimate of drug-likeness (QED) is 0.622. The van der Waals surface area contributed by atoms with Crippen molar-refractivity contribution >= 4 is 5.97 Å². The molecule has 1 heterocycles. The summed E-state index contributed by atoms with van der Waals surface area (Å²) < 4.78 is 4.26. The minimum absolute atomic E-state index is 0.130. The summed E-state index contributed by atoms with van der Waals surface area (Å²) in [5.41, 5.74) is 0. The smallest absolute Gasteiger partial charge is 0.253 e. The molecule has 1 aromatic rings. The van der Waals surface area contributed by atoms with Gasteiger partial charge < -0.3 is 9.90 Å². The van der Waals surface area contributed by atoms with Gasteiger partial charge in [0.1, 0.15) is 12.4 Å². The maximum absolute atomic E-state index is 10.3. The number of rotatable bonds is 6. The maximum Gasteiger partial charge on any atom is 0.253 e. The van der Waals surface area contributed by atoms with Gasteiger partial charge in [0, 0.05) is 12.9 Å². The van der Waals surface area contributed by atoms with Gasteiger partial charge in [-0.3, -0.25) is 0 Å². The molecule has 0 saturated heterocycles. The van der Waals surface area contributed by atoms with Crippen LogP contribution in [0.4, 0.5) is 0 Å². The number of hydrogen-bond acceptors (Lipinski definition) is 2. The van der Waals surface area contributed by atoms with Gasteiger partial charge in [0.15, 0.2) is 0 Å². The van der Waals surface area contributed by atoms with Gasteiger partial charge in [-0.25, -0.2) is 9.13 Å². The van der Waals surface area contributed by atoms with E-state index in [-0.39, 0.29) is 6.42 Å². The fourth-order valence-corrected chi connectivity index (χ4v) is 1.65. The van der Waals surface area contributed by atoms with Crippen LogP contribution in [0.1, 0.15) is 32.0 Å². The number of aryl methyl sites for hydroxylation is 2. The van der Waals surface area contributed by atoms with E-state index in [9.17, 15) is 9.90 Å². The number of aliphatic carboxylic acids is 1. The number of carboxylic acids is 1. The van der Waals surface area contributed by atoms with Crippen LogP contribution in [0.15, 0.2) is 12.4 Å². The van der Waals surface area contributed by atoms with Crippen molar-refractivity contribution in [3.63, 3.8) is 0 Å². The highest BCUT2D eigenvalue weighted by atomic mass is 16.4. The van der Waals surface area contributed by atoms with Crippen molar-refractivity contribution < 1.29 is 14.5 Å². The molecule has 0 aliphatic carbocycles. The van der Waals surface area contributed by atoms with E-state index in [1.165, 1.54) is 5.82 Å². The van der Waals surface area contributed by atoms with Crippen LogP contribution >= 0.6 is 0 Å². The van der Waals surface area contributed by atoms with E-state index in [0.717, 1.165) is 19.5 Å². The molecule has 1 aromatic heterocycles. The van der Waals surface area contributed by atoms with Crippen LogP contribution in [0.25, 0.3) is 0 Å². The number of nitrogens with zero attached hydrogens (tertiary/aromatic N) is 2. The normalized spacial score (nSPS) is 10.5. The monoisotopic (exact) mass is 210 g/mol. The van der Waals surface area contributed by atoms with E-state index < -0.39 is 5.97 Å². The Morgan fingerprint density at radius 3 is 2.93 bits per heavy atom. The Kier molecular flexibility index (Phi) is 4.34. The lowest BCUT2D eigenvalue weighted by Crippen LogP contribution is -2.35. The molecule has 0 atom stereocenters. The van der Waals surface area contributed by atoms with Crippen LogP contribution in [0, 0.1) is 6.92 Å². The second kappa shape index (κ2) is 5.53. The molecule has 0 N–H and O–H groups in total.